The van der Waals surface area contributed by atoms with Gasteiger partial charge < -0.3 is 10.2 Å². The number of rotatable bonds is 6. The predicted molar refractivity (Wildman–Crippen MR) is 153 cm³/mol. The van der Waals surface area contributed by atoms with Crippen molar-refractivity contribution >= 4 is 38.2 Å². The van der Waals surface area contributed by atoms with Gasteiger partial charge in [-0.3, -0.25) is 9.78 Å². The highest BCUT2D eigenvalue weighted by Crippen LogP contribution is 2.29. The second kappa shape index (κ2) is 11.3. The maximum absolute atomic E-state index is 13.1. The number of carbonyl (C=O) groups excluding carboxylic acids is 1. The molecule has 2 heterocycles. The molecular weight excluding hydrogens is 518 g/mol. The van der Waals surface area contributed by atoms with Crippen molar-refractivity contribution in [2.24, 2.45) is 5.92 Å². The van der Waals surface area contributed by atoms with E-state index in [4.69, 9.17) is 11.6 Å². The van der Waals surface area contributed by atoms with Gasteiger partial charge in [-0.1, -0.05) is 23.7 Å². The Hall–Kier alpha value is -2.48. The Morgan fingerprint density at radius 3 is 2.50 bits per heavy atom. The molecule has 8 heteroatoms. The van der Waals surface area contributed by atoms with Gasteiger partial charge in [-0.05, 0) is 106 Å². The van der Waals surface area contributed by atoms with Crippen LogP contribution in [-0.2, 0) is 22.7 Å². The zero-order chi connectivity index (χ0) is 26.9. The van der Waals surface area contributed by atoms with Gasteiger partial charge in [0.05, 0.1) is 15.4 Å². The van der Waals surface area contributed by atoms with Gasteiger partial charge in [0, 0.05) is 42.0 Å². The van der Waals surface area contributed by atoms with Crippen LogP contribution in [0.1, 0.15) is 59.3 Å². The highest BCUT2D eigenvalue weighted by molar-refractivity contribution is 7.90. The molecule has 202 valence electrons. The summed E-state index contributed by atoms with van der Waals surface area (Å²) in [5.74, 6) is 0.623. The quantitative estimate of drug-likeness (QED) is 0.443. The number of halogens is 1. The number of amides is 1. The smallest absolute Gasteiger partial charge is 0.252 e. The lowest BCUT2D eigenvalue weighted by Crippen LogP contribution is -2.38. The van der Waals surface area contributed by atoms with E-state index in [2.05, 4.69) is 15.2 Å². The summed E-state index contributed by atoms with van der Waals surface area (Å²) in [5, 5.41) is 4.61. The molecule has 2 aromatic carbocycles. The predicted octanol–water partition coefficient (Wildman–Crippen LogP) is 5.38. The van der Waals surface area contributed by atoms with Crippen LogP contribution in [0.5, 0.6) is 0 Å². The van der Waals surface area contributed by atoms with E-state index < -0.39 is 9.84 Å². The van der Waals surface area contributed by atoms with Crippen LogP contribution in [0.4, 0.5) is 0 Å². The fraction of sp³-hybridized carbons (Fsp3) is 0.467. The van der Waals surface area contributed by atoms with Crippen molar-refractivity contribution in [1.29, 1.82) is 0 Å². The summed E-state index contributed by atoms with van der Waals surface area (Å²) in [7, 11) is -3.18. The van der Waals surface area contributed by atoms with Gasteiger partial charge in [0.2, 0.25) is 0 Å². The molecule has 1 fully saturated rings. The average molecular weight is 554 g/mol. The lowest BCUT2D eigenvalue weighted by molar-refractivity contribution is 0.0921. The van der Waals surface area contributed by atoms with E-state index in [9.17, 15) is 13.2 Å². The highest BCUT2D eigenvalue weighted by Gasteiger charge is 2.25. The van der Waals surface area contributed by atoms with Crippen LogP contribution in [0, 0.1) is 12.8 Å². The van der Waals surface area contributed by atoms with Crippen molar-refractivity contribution in [1.82, 2.24) is 15.2 Å². The molecule has 0 saturated heterocycles. The lowest BCUT2D eigenvalue weighted by Gasteiger charge is -2.31. The zero-order valence-electron chi connectivity index (χ0n) is 22.2. The number of nitrogens with one attached hydrogen (secondary N) is 1. The molecule has 0 spiro atoms. The minimum atomic E-state index is -3.18. The van der Waals surface area contributed by atoms with Gasteiger partial charge in [-0.25, -0.2) is 8.42 Å². The third kappa shape index (κ3) is 6.22. The zero-order valence-corrected chi connectivity index (χ0v) is 23.7. The molecule has 0 unspecified atom stereocenters. The molecule has 1 aromatic heterocycles. The Bertz CT molecular complexity index is 1450. The molecule has 5 rings (SSSR count). The summed E-state index contributed by atoms with van der Waals surface area (Å²) >= 11 is 6.33. The van der Waals surface area contributed by atoms with Crippen LogP contribution in [0.2, 0.25) is 5.02 Å². The molecule has 2 aliphatic rings. The van der Waals surface area contributed by atoms with Crippen molar-refractivity contribution in [2.45, 2.75) is 62.8 Å². The molecule has 0 atom stereocenters. The molecule has 1 N–H and O–H groups in total. The SMILES string of the molecule is Cc1ccc2c(C(=O)NC3CCC(CCN4CCc5ccc(S(C)(=O)=O)cc5CC4)CC3)ccc(Cl)c2n1. The molecule has 1 aliphatic heterocycles. The van der Waals surface area contributed by atoms with Crippen LogP contribution in [0.3, 0.4) is 0 Å². The molecule has 1 aliphatic carbocycles. The third-order valence-electron chi connectivity index (χ3n) is 8.23. The van der Waals surface area contributed by atoms with Gasteiger partial charge in [0.25, 0.3) is 5.91 Å². The molecule has 1 amide bonds. The molecule has 38 heavy (non-hydrogen) atoms. The van der Waals surface area contributed by atoms with Gasteiger partial charge in [-0.2, -0.15) is 0 Å². The summed E-state index contributed by atoms with van der Waals surface area (Å²) in [6.07, 6.45) is 8.54. The molecule has 6 nitrogen and oxygen atoms in total. The maximum atomic E-state index is 13.1. The number of pyridine rings is 1. The Kier molecular flexibility index (Phi) is 8.08. The Morgan fingerprint density at radius 1 is 1.03 bits per heavy atom. The topological polar surface area (TPSA) is 79.4 Å². The molecule has 0 radical (unpaired) electrons. The van der Waals surface area contributed by atoms with Crippen LogP contribution >= 0.6 is 11.6 Å². The second-order valence-corrected chi connectivity index (χ2v) is 13.4. The average Bonchev–Trinajstić information content (AvgIpc) is 3.10. The number of sulfone groups is 1. The second-order valence-electron chi connectivity index (χ2n) is 11.0. The normalized spacial score (nSPS) is 20.6. The summed E-state index contributed by atoms with van der Waals surface area (Å²) in [6.45, 7) is 4.97. The van der Waals surface area contributed by atoms with Crippen LogP contribution < -0.4 is 5.32 Å². The van der Waals surface area contributed by atoms with Crippen LogP contribution in [-0.4, -0.2) is 56.1 Å². The first-order valence-corrected chi connectivity index (χ1v) is 15.9. The van der Waals surface area contributed by atoms with E-state index in [0.29, 0.717) is 26.9 Å². The van der Waals surface area contributed by atoms with Gasteiger partial charge in [0.15, 0.2) is 9.84 Å². The van der Waals surface area contributed by atoms with Crippen molar-refractivity contribution in [3.05, 3.63) is 69.9 Å². The first-order valence-electron chi connectivity index (χ1n) is 13.6. The van der Waals surface area contributed by atoms with Gasteiger partial charge >= 0.3 is 0 Å². The Morgan fingerprint density at radius 2 is 1.76 bits per heavy atom. The lowest BCUT2D eigenvalue weighted by atomic mass is 9.84. The fourth-order valence-corrected chi connectivity index (χ4v) is 6.78. The first-order chi connectivity index (χ1) is 18.2. The largest absolute Gasteiger partial charge is 0.349 e. The minimum Gasteiger partial charge on any atom is -0.349 e. The van der Waals surface area contributed by atoms with Gasteiger partial charge in [0.1, 0.15) is 0 Å². The molecular formula is C30H36ClN3O3S. The van der Waals surface area contributed by atoms with Crippen molar-refractivity contribution in [3.63, 3.8) is 0 Å². The number of benzene rings is 2. The fourth-order valence-electron chi connectivity index (χ4n) is 5.91. The highest BCUT2D eigenvalue weighted by atomic mass is 35.5. The summed E-state index contributed by atoms with van der Waals surface area (Å²) < 4.78 is 23.9. The van der Waals surface area contributed by atoms with E-state index in [1.165, 1.54) is 23.8 Å². The minimum absolute atomic E-state index is 0.0519. The monoisotopic (exact) mass is 553 g/mol. The van der Waals surface area contributed by atoms with Crippen LogP contribution in [0.25, 0.3) is 10.9 Å². The van der Waals surface area contributed by atoms with Crippen molar-refractivity contribution in [2.75, 3.05) is 25.9 Å². The number of fused-ring (bicyclic) bond motifs is 2. The number of hydrogen-bond acceptors (Lipinski definition) is 5. The number of nitrogens with zero attached hydrogens (tertiary/aromatic N) is 2. The standard InChI is InChI=1S/C30H36ClN3O3S/c1-20-3-10-26-27(11-12-28(31)29(26)32-20)30(35)33-24-7-4-21(5-8-24)13-16-34-17-14-22-6-9-25(38(2,36)37)19-23(22)15-18-34/h3,6,9-12,19,21,24H,4-5,7-8,13-18H2,1-2H3,(H,33,35). The van der Waals surface area contributed by atoms with E-state index in [0.717, 1.165) is 69.2 Å². The summed E-state index contributed by atoms with van der Waals surface area (Å²) in [5.41, 5.74) is 4.63. The van der Waals surface area contributed by atoms with Crippen molar-refractivity contribution < 1.29 is 13.2 Å². The van der Waals surface area contributed by atoms with Crippen molar-refractivity contribution in [3.8, 4) is 0 Å². The van der Waals surface area contributed by atoms with E-state index >= 15 is 0 Å². The molecule has 0 bridgehead atoms. The summed E-state index contributed by atoms with van der Waals surface area (Å²) in [4.78, 5) is 20.6. The summed E-state index contributed by atoms with van der Waals surface area (Å²) in [6, 6.07) is 13.2. The number of aromatic nitrogens is 1. The van der Waals surface area contributed by atoms with E-state index in [1.807, 2.05) is 31.2 Å². The van der Waals surface area contributed by atoms with Crippen LogP contribution in [0.15, 0.2) is 47.4 Å². The molecule has 3 aromatic rings. The number of hydrogen-bond donors (Lipinski definition) is 1. The number of aryl methyl sites for hydroxylation is 1. The van der Waals surface area contributed by atoms with E-state index in [1.54, 1.807) is 18.2 Å². The maximum Gasteiger partial charge on any atom is 0.252 e. The van der Waals surface area contributed by atoms with Gasteiger partial charge in [-0.15, -0.1) is 0 Å². The Balaban J connectivity index is 1.10. The van der Waals surface area contributed by atoms with E-state index in [-0.39, 0.29) is 11.9 Å². The first kappa shape index (κ1) is 27.1. The number of carbonyl (C=O) groups is 1. The molecule has 1 saturated carbocycles. The third-order valence-corrected chi connectivity index (χ3v) is 9.64. The Labute approximate surface area is 230 Å².